The van der Waals surface area contributed by atoms with Crippen molar-refractivity contribution in [3.63, 3.8) is 0 Å². The molecular formula is C27H18FNO3. The summed E-state index contributed by atoms with van der Waals surface area (Å²) in [6, 6.07) is 26.3. The lowest BCUT2D eigenvalue weighted by molar-refractivity contribution is -0.132. The molecule has 0 spiro atoms. The minimum atomic E-state index is -1.10. The van der Waals surface area contributed by atoms with Crippen molar-refractivity contribution >= 4 is 33.9 Å². The number of rotatable bonds is 3. The number of ketones is 1. The highest BCUT2D eigenvalue weighted by Gasteiger charge is 2.47. The van der Waals surface area contributed by atoms with Crippen LogP contribution in [0.15, 0.2) is 103 Å². The molecule has 1 saturated heterocycles. The van der Waals surface area contributed by atoms with E-state index in [1.807, 2.05) is 30.3 Å². The van der Waals surface area contributed by atoms with Gasteiger partial charge in [-0.2, -0.15) is 0 Å². The summed E-state index contributed by atoms with van der Waals surface area (Å²) >= 11 is 0. The highest BCUT2D eigenvalue weighted by molar-refractivity contribution is 6.51. The second-order valence-electron chi connectivity index (χ2n) is 7.55. The van der Waals surface area contributed by atoms with E-state index in [0.717, 1.165) is 10.8 Å². The van der Waals surface area contributed by atoms with Crippen molar-refractivity contribution < 1.29 is 19.1 Å². The maximum atomic E-state index is 14.9. The van der Waals surface area contributed by atoms with Crippen molar-refractivity contribution in [3.05, 3.63) is 120 Å². The van der Waals surface area contributed by atoms with E-state index in [1.165, 1.54) is 23.1 Å². The van der Waals surface area contributed by atoms with Crippen LogP contribution in [0, 0.1) is 5.82 Å². The smallest absolute Gasteiger partial charge is 0.300 e. The van der Waals surface area contributed by atoms with Gasteiger partial charge in [0.15, 0.2) is 0 Å². The quantitative estimate of drug-likeness (QED) is 0.265. The SMILES string of the molecule is O=C1C(=O)N(c2ccccc2)C(c2ccccc2F)/C1=C(\O)c1cccc2ccccc12. The van der Waals surface area contributed by atoms with Crippen LogP contribution in [0.1, 0.15) is 17.2 Å². The van der Waals surface area contributed by atoms with Gasteiger partial charge < -0.3 is 5.11 Å². The second kappa shape index (κ2) is 7.78. The maximum Gasteiger partial charge on any atom is 0.300 e. The van der Waals surface area contributed by atoms with Gasteiger partial charge in [0.2, 0.25) is 0 Å². The van der Waals surface area contributed by atoms with Gasteiger partial charge in [-0.15, -0.1) is 0 Å². The van der Waals surface area contributed by atoms with E-state index in [2.05, 4.69) is 0 Å². The summed E-state index contributed by atoms with van der Waals surface area (Å²) in [5.74, 6) is -2.56. The van der Waals surface area contributed by atoms with Crippen molar-refractivity contribution in [2.45, 2.75) is 6.04 Å². The minimum absolute atomic E-state index is 0.136. The van der Waals surface area contributed by atoms with Gasteiger partial charge in [0.25, 0.3) is 11.7 Å². The maximum absolute atomic E-state index is 14.9. The molecule has 4 aromatic rings. The fraction of sp³-hybridized carbons (Fsp3) is 0.0370. The van der Waals surface area contributed by atoms with Crippen molar-refractivity contribution in [2.24, 2.45) is 0 Å². The van der Waals surface area contributed by atoms with E-state index >= 15 is 0 Å². The first-order valence-electron chi connectivity index (χ1n) is 10.2. The summed E-state index contributed by atoms with van der Waals surface area (Å²) in [5.41, 5.74) is 0.855. The molecule has 0 radical (unpaired) electrons. The number of hydrogen-bond acceptors (Lipinski definition) is 3. The molecule has 1 atom stereocenters. The van der Waals surface area contributed by atoms with Gasteiger partial charge >= 0.3 is 0 Å². The lowest BCUT2D eigenvalue weighted by Crippen LogP contribution is -2.29. The van der Waals surface area contributed by atoms with Gasteiger partial charge in [0.05, 0.1) is 11.6 Å². The molecule has 1 amide bonds. The zero-order chi connectivity index (χ0) is 22.2. The number of anilines is 1. The van der Waals surface area contributed by atoms with Crippen LogP contribution in [-0.2, 0) is 9.59 Å². The molecule has 0 aliphatic carbocycles. The fourth-order valence-electron chi connectivity index (χ4n) is 4.26. The van der Waals surface area contributed by atoms with Crippen molar-refractivity contribution in [3.8, 4) is 0 Å². The molecular weight excluding hydrogens is 405 g/mol. The molecule has 1 aliphatic rings. The summed E-state index contributed by atoms with van der Waals surface area (Å²) in [5, 5.41) is 13.0. The summed E-state index contributed by atoms with van der Waals surface area (Å²) in [4.78, 5) is 27.6. The lowest BCUT2D eigenvalue weighted by atomic mass is 9.93. The summed E-state index contributed by atoms with van der Waals surface area (Å²) < 4.78 is 14.9. The molecule has 0 saturated carbocycles. The lowest BCUT2D eigenvalue weighted by Gasteiger charge is -2.25. The number of hydrogen-bond donors (Lipinski definition) is 1. The Kier molecular flexibility index (Phi) is 4.79. The van der Waals surface area contributed by atoms with Crippen LogP contribution >= 0.6 is 0 Å². The molecule has 5 heteroatoms. The van der Waals surface area contributed by atoms with Crippen molar-refractivity contribution in [1.29, 1.82) is 0 Å². The Balaban J connectivity index is 1.80. The number of carbonyl (C=O) groups is 2. The van der Waals surface area contributed by atoms with Gasteiger partial charge in [-0.3, -0.25) is 14.5 Å². The number of nitrogens with zero attached hydrogens (tertiary/aromatic N) is 1. The number of fused-ring (bicyclic) bond motifs is 1. The van der Waals surface area contributed by atoms with Crippen LogP contribution in [0.5, 0.6) is 0 Å². The summed E-state index contributed by atoms with van der Waals surface area (Å²) in [7, 11) is 0. The molecule has 32 heavy (non-hydrogen) atoms. The monoisotopic (exact) mass is 423 g/mol. The van der Waals surface area contributed by atoms with E-state index < -0.39 is 23.5 Å². The molecule has 1 N–H and O–H groups in total. The minimum Gasteiger partial charge on any atom is -0.507 e. The Hall–Kier alpha value is -4.25. The first-order chi connectivity index (χ1) is 15.6. The van der Waals surface area contributed by atoms with Gasteiger partial charge in [-0.1, -0.05) is 78.9 Å². The molecule has 0 aromatic heterocycles. The number of benzene rings is 4. The molecule has 5 rings (SSSR count). The first-order valence-corrected chi connectivity index (χ1v) is 10.2. The number of para-hydroxylation sites is 1. The van der Waals surface area contributed by atoms with Crippen LogP contribution in [0.3, 0.4) is 0 Å². The summed E-state index contributed by atoms with van der Waals surface area (Å²) in [6.45, 7) is 0. The van der Waals surface area contributed by atoms with E-state index in [1.54, 1.807) is 48.5 Å². The number of carbonyl (C=O) groups excluding carboxylic acids is 2. The molecule has 1 unspecified atom stereocenters. The average molecular weight is 423 g/mol. The molecule has 4 nitrogen and oxygen atoms in total. The zero-order valence-corrected chi connectivity index (χ0v) is 16.9. The standard InChI is InChI=1S/C27H18FNO3/c28-22-16-7-6-14-21(22)24-23(26(31)27(32)29(24)18-11-2-1-3-12-18)25(30)20-15-8-10-17-9-4-5-13-19(17)20/h1-16,24,30H/b25-23+. The Morgan fingerprint density at radius 1 is 0.781 bits per heavy atom. The number of aliphatic hydroxyl groups excluding tert-OH is 1. The van der Waals surface area contributed by atoms with E-state index in [-0.39, 0.29) is 16.9 Å². The Labute approximate surface area is 183 Å². The predicted octanol–water partition coefficient (Wildman–Crippen LogP) is 5.61. The van der Waals surface area contributed by atoms with Gasteiger partial charge in [-0.25, -0.2) is 4.39 Å². The fourth-order valence-corrected chi connectivity index (χ4v) is 4.26. The predicted molar refractivity (Wildman–Crippen MR) is 122 cm³/mol. The van der Waals surface area contributed by atoms with Gasteiger partial charge in [-0.05, 0) is 29.0 Å². The van der Waals surface area contributed by atoms with E-state index in [9.17, 15) is 19.1 Å². The topological polar surface area (TPSA) is 57.6 Å². The van der Waals surface area contributed by atoms with Crippen LogP contribution in [0.25, 0.3) is 16.5 Å². The molecule has 1 aliphatic heterocycles. The zero-order valence-electron chi connectivity index (χ0n) is 16.9. The van der Waals surface area contributed by atoms with Crippen LogP contribution in [0.4, 0.5) is 10.1 Å². The number of halogens is 1. The third-order valence-corrected chi connectivity index (χ3v) is 5.72. The number of Topliss-reactive ketones (excluding diaryl/α,β-unsaturated/α-hetero) is 1. The third-order valence-electron chi connectivity index (χ3n) is 5.72. The highest BCUT2D eigenvalue weighted by atomic mass is 19.1. The van der Waals surface area contributed by atoms with Crippen LogP contribution < -0.4 is 4.90 Å². The Morgan fingerprint density at radius 3 is 2.22 bits per heavy atom. The normalized spacial score (nSPS) is 17.8. The molecule has 0 bridgehead atoms. The second-order valence-corrected chi connectivity index (χ2v) is 7.55. The van der Waals surface area contributed by atoms with Crippen LogP contribution in [0.2, 0.25) is 0 Å². The first kappa shape index (κ1) is 19.7. The highest BCUT2D eigenvalue weighted by Crippen LogP contribution is 2.43. The molecule has 156 valence electrons. The Bertz CT molecular complexity index is 1390. The summed E-state index contributed by atoms with van der Waals surface area (Å²) in [6.07, 6.45) is 0. The van der Waals surface area contributed by atoms with E-state index in [4.69, 9.17) is 0 Å². The number of aliphatic hydroxyl groups is 1. The third kappa shape index (κ3) is 3.06. The Morgan fingerprint density at radius 2 is 1.44 bits per heavy atom. The largest absolute Gasteiger partial charge is 0.507 e. The van der Waals surface area contributed by atoms with Crippen LogP contribution in [-0.4, -0.2) is 16.8 Å². The molecule has 1 heterocycles. The van der Waals surface area contributed by atoms with Crippen molar-refractivity contribution in [2.75, 3.05) is 4.90 Å². The number of amides is 1. The van der Waals surface area contributed by atoms with Gasteiger partial charge in [0.1, 0.15) is 11.6 Å². The van der Waals surface area contributed by atoms with Crippen molar-refractivity contribution in [1.82, 2.24) is 0 Å². The van der Waals surface area contributed by atoms with Gasteiger partial charge in [0, 0.05) is 16.8 Å². The molecule has 4 aromatic carbocycles. The van der Waals surface area contributed by atoms with E-state index in [0.29, 0.717) is 11.3 Å². The molecule has 1 fully saturated rings. The average Bonchev–Trinajstić information content (AvgIpc) is 3.09.